The summed E-state index contributed by atoms with van der Waals surface area (Å²) >= 11 is 0. The first-order valence-corrected chi connectivity index (χ1v) is 11.9. The van der Waals surface area contributed by atoms with Gasteiger partial charge in [0.05, 0.1) is 19.0 Å². The second-order valence-electron chi connectivity index (χ2n) is 7.39. The molecule has 0 spiro atoms. The van der Waals surface area contributed by atoms with Crippen LogP contribution in [0.1, 0.15) is 15.9 Å². The molecule has 1 aliphatic rings. The fourth-order valence-corrected chi connectivity index (χ4v) is 4.70. The second-order valence-corrected chi connectivity index (χ2v) is 9.48. The Morgan fingerprint density at radius 3 is 2.44 bits per heavy atom. The van der Waals surface area contributed by atoms with E-state index in [0.29, 0.717) is 49.2 Å². The number of morpholine rings is 1. The zero-order valence-corrected chi connectivity index (χ0v) is 18.5. The number of aryl methyl sites for hydroxylation is 1. The number of ether oxygens (including phenoxy) is 1. The summed E-state index contributed by atoms with van der Waals surface area (Å²) in [6, 6.07) is 14.4. The van der Waals surface area contributed by atoms with Gasteiger partial charge < -0.3 is 14.5 Å². The van der Waals surface area contributed by atoms with Gasteiger partial charge in [-0.3, -0.25) is 4.79 Å². The Morgan fingerprint density at radius 2 is 1.72 bits per heavy atom. The predicted octanol–water partition coefficient (Wildman–Crippen LogP) is 2.10. The van der Waals surface area contributed by atoms with Gasteiger partial charge in [-0.2, -0.15) is 4.31 Å². The molecule has 1 N–H and O–H groups in total. The largest absolute Gasteiger partial charge is 0.416 e. The molecule has 0 bridgehead atoms. The summed E-state index contributed by atoms with van der Waals surface area (Å²) in [6.45, 7) is 3.48. The molecule has 0 atom stereocenters. The first-order valence-electron chi connectivity index (χ1n) is 10.3. The number of rotatable bonds is 7. The third-order valence-corrected chi connectivity index (χ3v) is 7.08. The van der Waals surface area contributed by atoms with E-state index >= 15 is 0 Å². The monoisotopic (exact) mass is 456 g/mol. The van der Waals surface area contributed by atoms with Gasteiger partial charge in [-0.1, -0.05) is 18.2 Å². The molecule has 1 amide bonds. The van der Waals surface area contributed by atoms with Crippen LogP contribution in [0.4, 0.5) is 0 Å². The summed E-state index contributed by atoms with van der Waals surface area (Å²) in [6.07, 6.45) is 0. The number of benzene rings is 2. The molecule has 4 rings (SSSR count). The van der Waals surface area contributed by atoms with Crippen LogP contribution in [0.5, 0.6) is 0 Å². The van der Waals surface area contributed by atoms with Crippen molar-refractivity contribution in [1.82, 2.24) is 19.8 Å². The average molecular weight is 457 g/mol. The molecule has 32 heavy (non-hydrogen) atoms. The molecule has 0 radical (unpaired) electrons. The number of aromatic nitrogens is 2. The van der Waals surface area contributed by atoms with Crippen LogP contribution in [0.15, 0.2) is 52.9 Å². The van der Waals surface area contributed by atoms with E-state index in [1.54, 1.807) is 24.3 Å². The van der Waals surface area contributed by atoms with Crippen molar-refractivity contribution in [1.29, 1.82) is 0 Å². The Hall–Kier alpha value is -3.08. The molecule has 0 unspecified atom stereocenters. The molecule has 2 heterocycles. The quantitative estimate of drug-likeness (QED) is 0.579. The van der Waals surface area contributed by atoms with Gasteiger partial charge >= 0.3 is 0 Å². The van der Waals surface area contributed by atoms with Crippen LogP contribution < -0.4 is 5.32 Å². The van der Waals surface area contributed by atoms with E-state index in [-0.39, 0.29) is 18.2 Å². The molecular formula is C22H24N4O5S. The number of carbonyl (C=O) groups is 1. The van der Waals surface area contributed by atoms with E-state index < -0.39 is 10.0 Å². The standard InChI is InChI=1S/C22H24N4O5S/c1-16-4-2-3-5-19(16)22-25-24-21(31-22)18-8-6-17(7-9-18)20(27)23-10-15-32(28,29)26-11-13-30-14-12-26/h2-9H,10-15H2,1H3,(H,23,27). The molecule has 168 valence electrons. The topological polar surface area (TPSA) is 115 Å². The summed E-state index contributed by atoms with van der Waals surface area (Å²) < 4.78 is 37.0. The van der Waals surface area contributed by atoms with Crippen molar-refractivity contribution < 1.29 is 22.4 Å². The Bertz CT molecular complexity index is 1190. The average Bonchev–Trinajstić information content (AvgIpc) is 3.30. The van der Waals surface area contributed by atoms with E-state index in [9.17, 15) is 13.2 Å². The highest BCUT2D eigenvalue weighted by Gasteiger charge is 2.24. The third-order valence-electron chi connectivity index (χ3n) is 5.20. The molecule has 1 aliphatic heterocycles. The molecule has 1 aromatic heterocycles. The highest BCUT2D eigenvalue weighted by molar-refractivity contribution is 7.89. The van der Waals surface area contributed by atoms with Crippen molar-refractivity contribution >= 4 is 15.9 Å². The van der Waals surface area contributed by atoms with Gasteiger partial charge in [0.25, 0.3) is 5.91 Å². The lowest BCUT2D eigenvalue weighted by Crippen LogP contribution is -2.43. The molecule has 1 fully saturated rings. The fourth-order valence-electron chi connectivity index (χ4n) is 3.38. The Kier molecular flexibility index (Phi) is 6.63. The van der Waals surface area contributed by atoms with Crippen molar-refractivity contribution in [3.8, 4) is 22.9 Å². The molecule has 10 heteroatoms. The number of amides is 1. The van der Waals surface area contributed by atoms with Crippen LogP contribution in [0.25, 0.3) is 22.9 Å². The van der Waals surface area contributed by atoms with Crippen molar-refractivity contribution in [2.75, 3.05) is 38.6 Å². The molecule has 0 aliphatic carbocycles. The van der Waals surface area contributed by atoms with E-state index in [1.807, 2.05) is 31.2 Å². The summed E-state index contributed by atoms with van der Waals surface area (Å²) in [7, 11) is -3.42. The smallest absolute Gasteiger partial charge is 0.251 e. The van der Waals surface area contributed by atoms with Gasteiger partial charge in [0.15, 0.2) is 0 Å². The molecule has 0 saturated carbocycles. The molecular weight excluding hydrogens is 432 g/mol. The minimum absolute atomic E-state index is 0.0315. The number of hydrogen-bond donors (Lipinski definition) is 1. The van der Waals surface area contributed by atoms with Crippen LogP contribution in [0.3, 0.4) is 0 Å². The normalized spacial score (nSPS) is 14.9. The number of hydrogen-bond acceptors (Lipinski definition) is 7. The van der Waals surface area contributed by atoms with Crippen molar-refractivity contribution in [2.24, 2.45) is 0 Å². The van der Waals surface area contributed by atoms with Gasteiger partial charge in [-0.05, 0) is 42.8 Å². The van der Waals surface area contributed by atoms with Gasteiger partial charge in [-0.15, -0.1) is 10.2 Å². The van der Waals surface area contributed by atoms with Gasteiger partial charge in [0, 0.05) is 36.3 Å². The van der Waals surface area contributed by atoms with Crippen molar-refractivity contribution in [2.45, 2.75) is 6.92 Å². The summed E-state index contributed by atoms with van der Waals surface area (Å²) in [5.74, 6) is 0.286. The minimum atomic E-state index is -3.42. The highest BCUT2D eigenvalue weighted by atomic mass is 32.2. The summed E-state index contributed by atoms with van der Waals surface area (Å²) in [4.78, 5) is 12.4. The third kappa shape index (κ3) is 5.04. The summed E-state index contributed by atoms with van der Waals surface area (Å²) in [5, 5.41) is 10.9. The number of nitrogens with zero attached hydrogens (tertiary/aromatic N) is 3. The summed E-state index contributed by atoms with van der Waals surface area (Å²) in [5.41, 5.74) is 3.00. The van der Waals surface area contributed by atoms with Crippen LogP contribution in [0.2, 0.25) is 0 Å². The van der Waals surface area contributed by atoms with E-state index in [0.717, 1.165) is 11.1 Å². The van der Waals surface area contributed by atoms with Gasteiger partial charge in [-0.25, -0.2) is 8.42 Å². The van der Waals surface area contributed by atoms with E-state index in [2.05, 4.69) is 15.5 Å². The SMILES string of the molecule is Cc1ccccc1-c1nnc(-c2ccc(C(=O)NCCS(=O)(=O)N3CCOCC3)cc2)o1. The maximum atomic E-state index is 12.4. The van der Waals surface area contributed by atoms with Crippen molar-refractivity contribution in [3.05, 3.63) is 59.7 Å². The zero-order chi connectivity index (χ0) is 22.6. The molecule has 1 saturated heterocycles. The predicted molar refractivity (Wildman–Crippen MR) is 118 cm³/mol. The maximum Gasteiger partial charge on any atom is 0.251 e. The maximum absolute atomic E-state index is 12.4. The molecule has 3 aromatic rings. The molecule has 2 aromatic carbocycles. The molecule has 9 nitrogen and oxygen atoms in total. The van der Waals surface area contributed by atoms with Crippen LogP contribution >= 0.6 is 0 Å². The van der Waals surface area contributed by atoms with Crippen LogP contribution in [-0.2, 0) is 14.8 Å². The lowest BCUT2D eigenvalue weighted by Gasteiger charge is -2.26. The first kappa shape index (κ1) is 22.1. The Morgan fingerprint density at radius 1 is 1.03 bits per heavy atom. The van der Waals surface area contributed by atoms with E-state index in [1.165, 1.54) is 4.31 Å². The zero-order valence-electron chi connectivity index (χ0n) is 17.7. The second kappa shape index (κ2) is 9.60. The first-order chi connectivity index (χ1) is 15.4. The van der Waals surface area contributed by atoms with Crippen molar-refractivity contribution in [3.63, 3.8) is 0 Å². The minimum Gasteiger partial charge on any atom is -0.416 e. The van der Waals surface area contributed by atoms with E-state index in [4.69, 9.17) is 9.15 Å². The lowest BCUT2D eigenvalue weighted by atomic mass is 10.1. The highest BCUT2D eigenvalue weighted by Crippen LogP contribution is 2.26. The van der Waals surface area contributed by atoms with Gasteiger partial charge in [0.2, 0.25) is 21.8 Å². The Balaban J connectivity index is 1.35. The Labute approximate surface area is 186 Å². The van der Waals surface area contributed by atoms with Gasteiger partial charge in [0.1, 0.15) is 0 Å². The fraction of sp³-hybridized carbons (Fsp3) is 0.318. The lowest BCUT2D eigenvalue weighted by molar-refractivity contribution is 0.0730. The van der Waals surface area contributed by atoms with Crippen LogP contribution in [0, 0.1) is 6.92 Å². The van der Waals surface area contributed by atoms with Crippen LogP contribution in [-0.4, -0.2) is 67.4 Å². The number of carbonyl (C=O) groups excluding carboxylic acids is 1. The number of nitrogens with one attached hydrogen (secondary N) is 1. The number of sulfonamides is 1.